The van der Waals surface area contributed by atoms with E-state index >= 15 is 0 Å². The van der Waals surface area contributed by atoms with Crippen LogP contribution >= 0.6 is 0 Å². The minimum Gasteiger partial charge on any atom is -0.466 e. The van der Waals surface area contributed by atoms with Crippen molar-refractivity contribution in [3.8, 4) is 5.75 Å². The highest BCUT2D eigenvalue weighted by Crippen LogP contribution is 2.36. The number of nitrogens with zero attached hydrogens (tertiary/aromatic N) is 1. The highest BCUT2D eigenvalue weighted by molar-refractivity contribution is 7.73. The molecule has 2 aromatic rings. The molecule has 1 atom stereocenters. The third kappa shape index (κ3) is 3.82. The largest absolute Gasteiger partial charge is 0.466 e. The van der Waals surface area contributed by atoms with Crippen LogP contribution in [0.5, 0.6) is 5.75 Å². The summed E-state index contributed by atoms with van der Waals surface area (Å²) in [5.74, 6) is 0.235. The number of anilines is 1. The Kier molecular flexibility index (Phi) is 4.76. The predicted octanol–water partition coefficient (Wildman–Crippen LogP) is 3.51. The molecule has 0 aromatic heterocycles. The van der Waals surface area contributed by atoms with Crippen molar-refractivity contribution in [3.05, 3.63) is 59.4 Å². The number of fused-ring (bicyclic) bond motifs is 1. The summed E-state index contributed by atoms with van der Waals surface area (Å²) in [6.45, 7) is 3.93. The second kappa shape index (κ2) is 6.84. The lowest BCUT2D eigenvalue weighted by Gasteiger charge is -2.33. The lowest BCUT2D eigenvalue weighted by Crippen LogP contribution is -2.35. The molecule has 0 saturated carbocycles. The van der Waals surface area contributed by atoms with Crippen LogP contribution in [0, 0.1) is 5.82 Å². The van der Waals surface area contributed by atoms with Crippen molar-refractivity contribution in [2.45, 2.75) is 32.4 Å². The van der Waals surface area contributed by atoms with Gasteiger partial charge in [-0.25, -0.2) is 17.8 Å². The first-order valence-corrected chi connectivity index (χ1v) is 9.18. The number of rotatable bonds is 5. The van der Waals surface area contributed by atoms with Crippen molar-refractivity contribution < 1.29 is 17.5 Å². The molecule has 1 aliphatic rings. The van der Waals surface area contributed by atoms with Crippen LogP contribution in [0.3, 0.4) is 0 Å². The number of nitrogens with one attached hydrogen (secondary N) is 1. The van der Waals surface area contributed by atoms with E-state index in [9.17, 15) is 12.8 Å². The Bertz CT molecular complexity index is 886. The third-order valence-electron chi connectivity index (χ3n) is 3.97. The van der Waals surface area contributed by atoms with Gasteiger partial charge in [-0.1, -0.05) is 13.3 Å². The summed E-state index contributed by atoms with van der Waals surface area (Å²) in [5.41, 5.74) is 1.89. The van der Waals surface area contributed by atoms with E-state index in [0.717, 1.165) is 17.5 Å². The molecule has 7 heteroatoms. The van der Waals surface area contributed by atoms with Crippen LogP contribution in [-0.4, -0.2) is 19.9 Å². The van der Waals surface area contributed by atoms with Gasteiger partial charge in [0.25, 0.3) is 0 Å². The molecule has 1 unspecified atom stereocenters. The summed E-state index contributed by atoms with van der Waals surface area (Å²) >= 11 is 0. The van der Waals surface area contributed by atoms with Crippen LogP contribution in [0.25, 0.3) is 0 Å². The summed E-state index contributed by atoms with van der Waals surface area (Å²) in [4.78, 5) is 4.77. The number of aliphatic imine (C=N–C) groups is 1. The van der Waals surface area contributed by atoms with Gasteiger partial charge in [-0.2, -0.15) is 0 Å². The molecule has 1 aliphatic heterocycles. The van der Waals surface area contributed by atoms with Crippen molar-refractivity contribution in [3.63, 3.8) is 0 Å². The summed E-state index contributed by atoms with van der Waals surface area (Å²) in [6, 6.07) is 11.2. The molecule has 0 fully saturated rings. The van der Waals surface area contributed by atoms with Gasteiger partial charge in [0, 0.05) is 23.6 Å². The van der Waals surface area contributed by atoms with Crippen molar-refractivity contribution in [2.75, 3.05) is 4.72 Å². The first-order valence-electron chi connectivity index (χ1n) is 8.00. The van der Waals surface area contributed by atoms with Gasteiger partial charge in [-0.3, -0.25) is 4.72 Å². The van der Waals surface area contributed by atoms with Crippen molar-refractivity contribution in [1.82, 2.24) is 0 Å². The Balaban J connectivity index is 2.11. The molecular weight excluding hydrogens is 343 g/mol. The molecule has 0 spiro atoms. The fourth-order valence-corrected chi connectivity index (χ4v) is 3.28. The second-order valence-corrected chi connectivity index (χ2v) is 6.81. The van der Waals surface area contributed by atoms with E-state index in [1.807, 2.05) is 13.8 Å². The summed E-state index contributed by atoms with van der Waals surface area (Å²) in [7, 11) is -2.76. The molecule has 0 amide bonds. The molecule has 25 heavy (non-hydrogen) atoms. The molecule has 0 radical (unpaired) electrons. The van der Waals surface area contributed by atoms with Gasteiger partial charge >= 0.3 is 0 Å². The maximum atomic E-state index is 13.3. The Morgan fingerprint density at radius 1 is 1.20 bits per heavy atom. The third-order valence-corrected chi connectivity index (χ3v) is 4.41. The molecule has 1 heterocycles. The molecule has 0 saturated heterocycles. The lowest BCUT2D eigenvalue weighted by atomic mass is 9.97. The van der Waals surface area contributed by atoms with E-state index in [1.54, 1.807) is 30.3 Å². The Morgan fingerprint density at radius 3 is 2.56 bits per heavy atom. The highest BCUT2D eigenvalue weighted by Gasteiger charge is 2.32. The van der Waals surface area contributed by atoms with Gasteiger partial charge < -0.3 is 4.74 Å². The standard InChI is InChI=1S/C18H19FN2O3S/c1-3-10-18(2)20-17(12-4-6-13(19)7-5-12)15-9-8-14(21-25(22)23)11-16(15)24-18/h4-9,11,25H,3,10H2,1-2H3,(H,21,22,23). The molecule has 0 bridgehead atoms. The Morgan fingerprint density at radius 2 is 1.92 bits per heavy atom. The quantitative estimate of drug-likeness (QED) is 0.800. The first-order chi connectivity index (χ1) is 11.9. The average molecular weight is 362 g/mol. The van der Waals surface area contributed by atoms with Gasteiger partial charge in [0.2, 0.25) is 10.9 Å². The Hall–Kier alpha value is -2.41. The van der Waals surface area contributed by atoms with Gasteiger partial charge in [0.15, 0.2) is 5.72 Å². The number of thiol groups is 1. The zero-order chi connectivity index (χ0) is 18.0. The topological polar surface area (TPSA) is 67.8 Å². The zero-order valence-electron chi connectivity index (χ0n) is 14.0. The van der Waals surface area contributed by atoms with Crippen LogP contribution in [0.4, 0.5) is 10.1 Å². The number of benzene rings is 2. The lowest BCUT2D eigenvalue weighted by molar-refractivity contribution is 0.0840. The molecular formula is C18H19FN2O3S. The molecule has 5 nitrogen and oxygen atoms in total. The molecule has 2 aromatic carbocycles. The van der Waals surface area contributed by atoms with Crippen LogP contribution in [0.2, 0.25) is 0 Å². The van der Waals surface area contributed by atoms with Crippen LogP contribution in [0.1, 0.15) is 37.8 Å². The minimum absolute atomic E-state index is 0.313. The number of halogens is 1. The van der Waals surface area contributed by atoms with Crippen molar-refractivity contribution >= 4 is 22.3 Å². The van der Waals surface area contributed by atoms with Gasteiger partial charge in [-0.15, -0.1) is 0 Å². The minimum atomic E-state index is -2.76. The predicted molar refractivity (Wildman–Crippen MR) is 96.4 cm³/mol. The molecule has 132 valence electrons. The number of ether oxygens (including phenoxy) is 1. The van der Waals surface area contributed by atoms with Crippen LogP contribution in [-0.2, 0) is 10.9 Å². The maximum Gasteiger partial charge on any atom is 0.222 e. The Labute approximate surface area is 147 Å². The van der Waals surface area contributed by atoms with Gasteiger partial charge in [0.05, 0.1) is 11.4 Å². The van der Waals surface area contributed by atoms with E-state index in [1.165, 1.54) is 12.1 Å². The highest BCUT2D eigenvalue weighted by atomic mass is 32.2. The number of hydrogen-bond donors (Lipinski definition) is 2. The van der Waals surface area contributed by atoms with E-state index in [0.29, 0.717) is 23.6 Å². The molecule has 1 N–H and O–H groups in total. The van der Waals surface area contributed by atoms with Gasteiger partial charge in [-0.05, 0) is 43.3 Å². The van der Waals surface area contributed by atoms with Crippen LogP contribution in [0.15, 0.2) is 47.5 Å². The van der Waals surface area contributed by atoms with E-state index in [4.69, 9.17) is 9.73 Å². The average Bonchev–Trinajstić information content (AvgIpc) is 2.54. The molecule has 0 aliphatic carbocycles. The fraction of sp³-hybridized carbons (Fsp3) is 0.278. The van der Waals surface area contributed by atoms with E-state index < -0.39 is 16.6 Å². The SMILES string of the molecule is CCCC1(C)N=C(c2ccc(F)cc2)c2ccc(N[SH](=O)=O)cc2O1. The second-order valence-electron chi connectivity index (χ2n) is 6.07. The fourth-order valence-electron chi connectivity index (χ4n) is 2.93. The summed E-state index contributed by atoms with van der Waals surface area (Å²) in [5, 5.41) is 0. The monoisotopic (exact) mass is 362 g/mol. The summed E-state index contributed by atoms with van der Waals surface area (Å²) < 4.78 is 43.5. The van der Waals surface area contributed by atoms with Crippen molar-refractivity contribution in [2.24, 2.45) is 4.99 Å². The zero-order valence-corrected chi connectivity index (χ0v) is 14.8. The molecule has 3 rings (SSSR count). The van der Waals surface area contributed by atoms with Gasteiger partial charge in [0.1, 0.15) is 11.6 Å². The first kappa shape index (κ1) is 17.4. The smallest absolute Gasteiger partial charge is 0.222 e. The van der Waals surface area contributed by atoms with E-state index in [-0.39, 0.29) is 5.82 Å². The maximum absolute atomic E-state index is 13.3. The normalized spacial score (nSPS) is 19.1. The number of hydrogen-bond acceptors (Lipinski definition) is 4. The van der Waals surface area contributed by atoms with E-state index in [2.05, 4.69) is 4.72 Å². The van der Waals surface area contributed by atoms with Crippen molar-refractivity contribution in [1.29, 1.82) is 0 Å². The summed E-state index contributed by atoms with van der Waals surface area (Å²) in [6.07, 6.45) is 1.57. The van der Waals surface area contributed by atoms with Crippen LogP contribution < -0.4 is 9.46 Å².